The van der Waals surface area contributed by atoms with Crippen molar-refractivity contribution in [3.63, 3.8) is 0 Å². The van der Waals surface area contributed by atoms with Crippen LogP contribution in [0.15, 0.2) is 205 Å². The van der Waals surface area contributed by atoms with Crippen LogP contribution in [0.4, 0.5) is 17.1 Å². The predicted octanol–water partition coefficient (Wildman–Crippen LogP) is 13.8. The lowest BCUT2D eigenvalue weighted by Gasteiger charge is -2.41. The molecular formula is C56H33BN2O. The van der Waals surface area contributed by atoms with Crippen LogP contribution in [-0.4, -0.2) is 11.3 Å². The lowest BCUT2D eigenvalue weighted by Crippen LogP contribution is -2.56. The summed E-state index contributed by atoms with van der Waals surface area (Å²) < 4.78 is 9.49. The lowest BCUT2D eigenvalue weighted by atomic mass is 9.45. The first kappa shape index (κ1) is 32.2. The number of hydrogen-bond donors (Lipinski definition) is 0. The first-order valence-electron chi connectivity index (χ1n) is 20.8. The van der Waals surface area contributed by atoms with Crippen molar-refractivity contribution in [3.8, 4) is 33.4 Å². The summed E-state index contributed by atoms with van der Waals surface area (Å²) in [7, 11) is 0. The molecule has 0 atom stereocenters. The monoisotopic (exact) mass is 760 g/mol. The van der Waals surface area contributed by atoms with Crippen molar-refractivity contribution >= 4 is 100 Å². The van der Waals surface area contributed by atoms with Crippen LogP contribution in [0.2, 0.25) is 0 Å². The molecule has 4 heterocycles. The summed E-state index contributed by atoms with van der Waals surface area (Å²) in [5.74, 6) is 0. The zero-order valence-electron chi connectivity index (χ0n) is 32.4. The molecule has 0 bridgehead atoms. The highest BCUT2D eigenvalue weighted by molar-refractivity contribution is 6.90. The van der Waals surface area contributed by atoms with E-state index in [9.17, 15) is 0 Å². The topological polar surface area (TPSA) is 21.3 Å². The summed E-state index contributed by atoms with van der Waals surface area (Å²) in [5, 5.41) is 9.68. The van der Waals surface area contributed by atoms with Gasteiger partial charge in [-0.25, -0.2) is 0 Å². The molecule has 14 rings (SSSR count). The zero-order chi connectivity index (χ0) is 39.1. The highest BCUT2D eigenvalue weighted by Crippen LogP contribution is 2.51. The van der Waals surface area contributed by atoms with E-state index >= 15 is 0 Å². The molecule has 60 heavy (non-hydrogen) atoms. The van der Waals surface area contributed by atoms with Gasteiger partial charge in [-0.05, 0) is 103 Å². The van der Waals surface area contributed by atoms with E-state index < -0.39 is 0 Å². The minimum absolute atomic E-state index is 0.109. The van der Waals surface area contributed by atoms with Crippen LogP contribution in [-0.2, 0) is 0 Å². The average molecular weight is 761 g/mol. The summed E-state index contributed by atoms with van der Waals surface area (Å²) >= 11 is 0. The van der Waals surface area contributed by atoms with Gasteiger partial charge in [0.2, 0.25) is 0 Å². The predicted molar refractivity (Wildman–Crippen MR) is 253 cm³/mol. The van der Waals surface area contributed by atoms with E-state index in [1.165, 1.54) is 99.0 Å². The zero-order valence-corrected chi connectivity index (χ0v) is 32.4. The Kier molecular flexibility index (Phi) is 6.37. The third kappa shape index (κ3) is 4.14. The number of fused-ring (bicyclic) bond motifs is 13. The van der Waals surface area contributed by atoms with Crippen LogP contribution in [0.25, 0.3) is 98.7 Å². The summed E-state index contributed by atoms with van der Waals surface area (Å²) in [6.07, 6.45) is 0. The van der Waals surface area contributed by atoms with E-state index in [4.69, 9.17) is 4.42 Å². The van der Waals surface area contributed by atoms with Gasteiger partial charge in [0.05, 0.1) is 5.39 Å². The molecule has 0 saturated carbocycles. The molecule has 0 unspecified atom stereocenters. The average Bonchev–Trinajstić information content (AvgIpc) is 3.86. The van der Waals surface area contributed by atoms with Crippen LogP contribution >= 0.6 is 0 Å². The van der Waals surface area contributed by atoms with Crippen molar-refractivity contribution in [2.75, 3.05) is 4.90 Å². The highest BCUT2D eigenvalue weighted by Gasteiger charge is 2.43. The van der Waals surface area contributed by atoms with Gasteiger partial charge in [-0.2, -0.15) is 0 Å². The summed E-state index contributed by atoms with van der Waals surface area (Å²) in [6, 6.07) is 73.7. The fourth-order valence-electron chi connectivity index (χ4n) is 11.0. The molecule has 0 amide bonds. The Bertz CT molecular complexity index is 3770. The van der Waals surface area contributed by atoms with Gasteiger partial charge in [-0.3, -0.25) is 0 Å². The molecule has 4 heteroatoms. The van der Waals surface area contributed by atoms with Crippen molar-refractivity contribution in [1.82, 2.24) is 4.48 Å². The fourth-order valence-corrected chi connectivity index (χ4v) is 11.0. The molecule has 0 radical (unpaired) electrons. The Hall–Kier alpha value is -7.82. The summed E-state index contributed by atoms with van der Waals surface area (Å²) in [6.45, 7) is -0.109. The Morgan fingerprint density at radius 1 is 0.417 bits per heavy atom. The van der Waals surface area contributed by atoms with E-state index in [-0.39, 0.29) is 6.85 Å². The minimum Gasteiger partial charge on any atom is -0.455 e. The van der Waals surface area contributed by atoms with Crippen LogP contribution < -0.4 is 15.8 Å². The Balaban J connectivity index is 1.21. The van der Waals surface area contributed by atoms with Crippen molar-refractivity contribution in [3.05, 3.63) is 200 Å². The van der Waals surface area contributed by atoms with Crippen molar-refractivity contribution in [2.45, 2.75) is 0 Å². The fraction of sp³-hybridized carbons (Fsp3) is 0. The van der Waals surface area contributed by atoms with Crippen LogP contribution in [0.5, 0.6) is 0 Å². The number of aromatic nitrogens is 1. The maximum absolute atomic E-state index is 6.85. The maximum Gasteiger partial charge on any atom is 0.333 e. The van der Waals surface area contributed by atoms with Gasteiger partial charge in [-0.1, -0.05) is 158 Å². The molecule has 0 fully saturated rings. The standard InChI is InChI=1S/C56H33BN2O/c1-4-17-34(18-5-1)51-38-24-10-11-25-39(38)52(35-19-6-2-7-20-35)43-33-49-46(32-42(43)51)57-54-40(27-16-29-48(54)58(49)36-21-8-3-9-22-36)44-31-45-37-23-13-15-30-50(37)60-56(45)53-41-26-12-14-28-47(41)59(57)55(44)53/h1-33H. The lowest BCUT2D eigenvalue weighted by molar-refractivity contribution is 0.673. The minimum atomic E-state index is -0.109. The van der Waals surface area contributed by atoms with Gasteiger partial charge in [0, 0.05) is 49.8 Å². The number of furan rings is 1. The number of nitrogens with zero attached hydrogens (tertiary/aromatic N) is 2. The van der Waals surface area contributed by atoms with Gasteiger partial charge in [0.1, 0.15) is 11.2 Å². The number of rotatable bonds is 3. The second-order valence-corrected chi connectivity index (χ2v) is 16.3. The molecule has 0 spiro atoms. The third-order valence-corrected chi connectivity index (χ3v) is 13.3. The molecule has 2 aliphatic rings. The highest BCUT2D eigenvalue weighted by atomic mass is 16.3. The largest absolute Gasteiger partial charge is 0.455 e. The third-order valence-electron chi connectivity index (χ3n) is 13.3. The number of hydrogen-bond acceptors (Lipinski definition) is 2. The number of benzene rings is 10. The molecule has 2 aromatic heterocycles. The molecule has 0 saturated heterocycles. The quantitative estimate of drug-likeness (QED) is 0.132. The van der Waals surface area contributed by atoms with E-state index in [2.05, 4.69) is 210 Å². The molecule has 12 aromatic rings. The maximum atomic E-state index is 6.85. The van der Waals surface area contributed by atoms with Gasteiger partial charge in [0.25, 0.3) is 0 Å². The van der Waals surface area contributed by atoms with Gasteiger partial charge in [0.15, 0.2) is 0 Å². The number of anilines is 3. The molecule has 276 valence electrons. The van der Waals surface area contributed by atoms with E-state index in [1.54, 1.807) is 0 Å². The van der Waals surface area contributed by atoms with Crippen LogP contribution in [0.1, 0.15) is 0 Å². The first-order valence-corrected chi connectivity index (χ1v) is 20.8. The van der Waals surface area contributed by atoms with Gasteiger partial charge < -0.3 is 13.8 Å². The summed E-state index contributed by atoms with van der Waals surface area (Å²) in [5.41, 5.74) is 17.9. The molecular weight excluding hydrogens is 727 g/mol. The first-order chi connectivity index (χ1) is 29.8. The van der Waals surface area contributed by atoms with Gasteiger partial charge >= 0.3 is 6.85 Å². The SMILES string of the molecule is c1ccc(-c2c3ccccc3c(-c3ccccc3)c3cc4c(cc23)B2c3c(cccc3N4c3ccccc3)-c3cc4c5ccccc5oc4c4c5ccccc5n2c34)cc1. The van der Waals surface area contributed by atoms with Crippen LogP contribution in [0, 0.1) is 0 Å². The van der Waals surface area contributed by atoms with Crippen molar-refractivity contribution < 1.29 is 4.42 Å². The van der Waals surface area contributed by atoms with Crippen molar-refractivity contribution in [2.24, 2.45) is 0 Å². The normalized spacial score (nSPS) is 12.9. The second kappa shape index (κ2) is 11.9. The smallest absolute Gasteiger partial charge is 0.333 e. The Labute approximate surface area is 346 Å². The molecule has 10 aromatic carbocycles. The summed E-state index contributed by atoms with van der Waals surface area (Å²) in [4.78, 5) is 2.52. The second-order valence-electron chi connectivity index (χ2n) is 16.3. The van der Waals surface area contributed by atoms with E-state index in [0.29, 0.717) is 0 Å². The van der Waals surface area contributed by atoms with Gasteiger partial charge in [-0.15, -0.1) is 0 Å². The number of para-hydroxylation sites is 3. The van der Waals surface area contributed by atoms with Crippen LogP contribution in [0.3, 0.4) is 0 Å². The van der Waals surface area contributed by atoms with E-state index in [1.807, 2.05) is 0 Å². The molecule has 2 aliphatic heterocycles. The molecule has 3 nitrogen and oxygen atoms in total. The van der Waals surface area contributed by atoms with Crippen molar-refractivity contribution in [1.29, 1.82) is 0 Å². The molecule has 0 N–H and O–H groups in total. The molecule has 0 aliphatic carbocycles. The Morgan fingerprint density at radius 3 is 1.73 bits per heavy atom. The Morgan fingerprint density at radius 2 is 1.02 bits per heavy atom. The van der Waals surface area contributed by atoms with E-state index in [0.717, 1.165) is 27.6 Å².